The van der Waals surface area contributed by atoms with Crippen molar-refractivity contribution in [1.29, 1.82) is 0 Å². The molecule has 2 amide bonds. The van der Waals surface area contributed by atoms with Crippen LogP contribution >= 0.6 is 11.3 Å². The number of aromatic amines is 1. The van der Waals surface area contributed by atoms with Gasteiger partial charge in [-0.05, 0) is 38.2 Å². The van der Waals surface area contributed by atoms with Gasteiger partial charge in [0.2, 0.25) is 5.91 Å². The van der Waals surface area contributed by atoms with Gasteiger partial charge in [-0.15, -0.1) is 11.3 Å². The average molecular weight is 404 g/mol. The maximum Gasteiger partial charge on any atom is 0.306 e. The molecule has 9 heteroatoms. The first-order chi connectivity index (χ1) is 13.4. The van der Waals surface area contributed by atoms with Crippen LogP contribution in [0.4, 0.5) is 0 Å². The Morgan fingerprint density at radius 3 is 2.96 bits per heavy atom. The number of H-pyrrole nitrogens is 1. The Labute approximate surface area is 166 Å². The third-order valence-electron chi connectivity index (χ3n) is 5.83. The molecule has 150 valence electrons. The van der Waals surface area contributed by atoms with Crippen LogP contribution in [-0.2, 0) is 14.3 Å². The van der Waals surface area contributed by atoms with Crippen LogP contribution in [0.25, 0.3) is 10.3 Å². The predicted molar refractivity (Wildman–Crippen MR) is 104 cm³/mol. The fourth-order valence-electron chi connectivity index (χ4n) is 4.10. The van der Waals surface area contributed by atoms with Gasteiger partial charge in [0.15, 0.2) is 0 Å². The molecule has 4 rings (SSSR count). The molecule has 0 bridgehead atoms. The van der Waals surface area contributed by atoms with Gasteiger partial charge < -0.3 is 19.9 Å². The number of methoxy groups -OCH3 is 1. The molecule has 2 aromatic rings. The van der Waals surface area contributed by atoms with E-state index >= 15 is 0 Å². The van der Waals surface area contributed by atoms with Crippen molar-refractivity contribution in [3.8, 4) is 0 Å². The number of nitrogens with one attached hydrogen (secondary N) is 2. The van der Waals surface area contributed by atoms with Crippen LogP contribution in [0.3, 0.4) is 0 Å². The second-order valence-corrected chi connectivity index (χ2v) is 8.84. The highest BCUT2D eigenvalue weighted by atomic mass is 32.1. The van der Waals surface area contributed by atoms with E-state index < -0.39 is 0 Å². The summed E-state index contributed by atoms with van der Waals surface area (Å²) >= 11 is 1.54. The monoisotopic (exact) mass is 404 g/mol. The zero-order chi connectivity index (χ0) is 19.9. The summed E-state index contributed by atoms with van der Waals surface area (Å²) < 4.78 is 4.60. The van der Waals surface area contributed by atoms with Gasteiger partial charge in [-0.25, -0.2) is 4.98 Å². The molecule has 1 saturated carbocycles. The molecular formula is C19H24N4O4S. The van der Waals surface area contributed by atoms with Gasteiger partial charge in [0.1, 0.15) is 16.0 Å². The van der Waals surface area contributed by atoms with Crippen molar-refractivity contribution in [3.05, 3.63) is 16.8 Å². The molecule has 0 radical (unpaired) electrons. The SMILES string of the molecule is COC(=O)CCC(=O)N1CCC2CC2(NC(=O)c2cc3nc(C)sc3[nH]2)CC1. The second kappa shape index (κ2) is 7.20. The van der Waals surface area contributed by atoms with E-state index in [1.54, 1.807) is 11.0 Å². The number of esters is 1. The summed E-state index contributed by atoms with van der Waals surface area (Å²) in [4.78, 5) is 46.6. The molecular weight excluding hydrogens is 380 g/mol. The summed E-state index contributed by atoms with van der Waals surface area (Å²) in [5.74, 6) is -0.119. The number of aryl methyl sites for hydroxylation is 1. The number of hydrogen-bond donors (Lipinski definition) is 2. The van der Waals surface area contributed by atoms with Crippen LogP contribution < -0.4 is 5.32 Å². The molecule has 0 aromatic carbocycles. The van der Waals surface area contributed by atoms with E-state index in [0.717, 1.165) is 34.6 Å². The molecule has 8 nitrogen and oxygen atoms in total. The number of ether oxygens (including phenoxy) is 1. The van der Waals surface area contributed by atoms with E-state index in [1.165, 1.54) is 18.4 Å². The molecule has 2 aliphatic rings. The summed E-state index contributed by atoms with van der Waals surface area (Å²) in [6.07, 6.45) is 2.83. The van der Waals surface area contributed by atoms with Crippen LogP contribution in [0.2, 0.25) is 0 Å². The minimum Gasteiger partial charge on any atom is -0.469 e. The number of carbonyl (C=O) groups excluding carboxylic acids is 3. The first-order valence-electron chi connectivity index (χ1n) is 9.53. The smallest absolute Gasteiger partial charge is 0.306 e. The lowest BCUT2D eigenvalue weighted by molar-refractivity contribution is -0.143. The second-order valence-electron chi connectivity index (χ2n) is 7.64. The molecule has 2 fully saturated rings. The zero-order valence-electron chi connectivity index (χ0n) is 16.0. The number of carbonyl (C=O) groups is 3. The fraction of sp³-hybridized carbons (Fsp3) is 0.579. The largest absolute Gasteiger partial charge is 0.469 e. The van der Waals surface area contributed by atoms with Gasteiger partial charge in [-0.2, -0.15) is 0 Å². The fourth-order valence-corrected chi connectivity index (χ4v) is 4.91. The number of aromatic nitrogens is 2. The van der Waals surface area contributed by atoms with Crippen LogP contribution in [0.1, 0.15) is 47.6 Å². The standard InChI is InChI=1S/C19H24N4O4S/c1-11-20-14-9-13(21-18(14)28-11)17(26)22-19-6-8-23(7-5-12(19)10-19)15(24)3-4-16(25)27-2/h9,12,21H,3-8,10H2,1-2H3,(H,22,26). The number of likely N-dealkylation sites (tertiary alicyclic amines) is 1. The van der Waals surface area contributed by atoms with Crippen molar-refractivity contribution in [3.63, 3.8) is 0 Å². The van der Waals surface area contributed by atoms with Gasteiger partial charge in [0, 0.05) is 25.0 Å². The van der Waals surface area contributed by atoms with Crippen LogP contribution in [0.5, 0.6) is 0 Å². The van der Waals surface area contributed by atoms with Crippen LogP contribution in [-0.4, -0.2) is 58.4 Å². The lowest BCUT2D eigenvalue weighted by Crippen LogP contribution is -2.40. The van der Waals surface area contributed by atoms with Crippen molar-refractivity contribution in [1.82, 2.24) is 20.2 Å². The quantitative estimate of drug-likeness (QED) is 0.742. The van der Waals surface area contributed by atoms with E-state index in [1.807, 2.05) is 6.92 Å². The van der Waals surface area contributed by atoms with E-state index in [9.17, 15) is 14.4 Å². The highest BCUT2D eigenvalue weighted by Crippen LogP contribution is 2.50. The Morgan fingerprint density at radius 1 is 1.39 bits per heavy atom. The number of fused-ring (bicyclic) bond motifs is 2. The Bertz CT molecular complexity index is 904. The van der Waals surface area contributed by atoms with Crippen molar-refractivity contribution in [2.24, 2.45) is 5.92 Å². The molecule has 2 N–H and O–H groups in total. The number of thiazole rings is 1. The average Bonchev–Trinajstić information content (AvgIpc) is 3.06. The lowest BCUT2D eigenvalue weighted by Gasteiger charge is -2.23. The van der Waals surface area contributed by atoms with Gasteiger partial charge in [0.05, 0.1) is 18.5 Å². The Kier molecular flexibility index (Phi) is 4.86. The summed E-state index contributed by atoms with van der Waals surface area (Å²) in [6, 6.07) is 1.79. The third-order valence-corrected chi connectivity index (χ3v) is 6.73. The molecule has 2 atom stereocenters. The van der Waals surface area contributed by atoms with E-state index in [2.05, 4.69) is 20.0 Å². The molecule has 3 heterocycles. The Hall–Kier alpha value is -2.42. The van der Waals surface area contributed by atoms with Crippen LogP contribution in [0.15, 0.2) is 6.07 Å². The highest BCUT2D eigenvalue weighted by molar-refractivity contribution is 7.18. The molecule has 28 heavy (non-hydrogen) atoms. The first-order valence-corrected chi connectivity index (χ1v) is 10.3. The van der Waals surface area contributed by atoms with Crippen LogP contribution in [0, 0.1) is 12.8 Å². The molecule has 1 aliphatic heterocycles. The minimum absolute atomic E-state index is 0.0285. The Balaban J connectivity index is 1.35. The van der Waals surface area contributed by atoms with Gasteiger partial charge >= 0.3 is 5.97 Å². The predicted octanol–water partition coefficient (Wildman–Crippen LogP) is 2.00. The van der Waals surface area contributed by atoms with Crippen molar-refractivity contribution < 1.29 is 19.1 Å². The number of hydrogen-bond acceptors (Lipinski definition) is 6. The number of amides is 2. The van der Waals surface area contributed by atoms with E-state index in [4.69, 9.17) is 0 Å². The third kappa shape index (κ3) is 3.63. The Morgan fingerprint density at radius 2 is 2.21 bits per heavy atom. The molecule has 2 aromatic heterocycles. The molecule has 1 saturated heterocycles. The normalized spacial score (nSPS) is 23.8. The van der Waals surface area contributed by atoms with Crippen molar-refractivity contribution >= 4 is 39.5 Å². The zero-order valence-corrected chi connectivity index (χ0v) is 16.9. The van der Waals surface area contributed by atoms with Gasteiger partial charge in [-0.3, -0.25) is 14.4 Å². The summed E-state index contributed by atoms with van der Waals surface area (Å²) in [5, 5.41) is 4.17. The highest BCUT2D eigenvalue weighted by Gasteiger charge is 2.56. The molecule has 1 aliphatic carbocycles. The van der Waals surface area contributed by atoms with E-state index in [-0.39, 0.29) is 36.2 Å². The van der Waals surface area contributed by atoms with Gasteiger partial charge in [-0.1, -0.05) is 0 Å². The summed E-state index contributed by atoms with van der Waals surface area (Å²) in [6.45, 7) is 3.21. The summed E-state index contributed by atoms with van der Waals surface area (Å²) in [7, 11) is 1.32. The maximum absolute atomic E-state index is 12.7. The van der Waals surface area contributed by atoms with Crippen molar-refractivity contribution in [2.45, 2.75) is 44.6 Å². The van der Waals surface area contributed by atoms with Crippen molar-refractivity contribution in [2.75, 3.05) is 20.2 Å². The minimum atomic E-state index is -0.370. The number of nitrogens with zero attached hydrogens (tertiary/aromatic N) is 2. The van der Waals surface area contributed by atoms with Gasteiger partial charge in [0.25, 0.3) is 5.91 Å². The lowest BCUT2D eigenvalue weighted by atomic mass is 10.1. The summed E-state index contributed by atoms with van der Waals surface area (Å²) in [5.41, 5.74) is 1.13. The topological polar surface area (TPSA) is 104 Å². The first kappa shape index (κ1) is 18.9. The van der Waals surface area contributed by atoms with E-state index in [0.29, 0.717) is 24.7 Å². The molecule has 2 unspecified atom stereocenters. The molecule has 0 spiro atoms. The number of rotatable bonds is 5. The maximum atomic E-state index is 12.7.